The number of thiophene rings is 1. The van der Waals surface area contributed by atoms with Crippen molar-refractivity contribution in [2.24, 2.45) is 0 Å². The van der Waals surface area contributed by atoms with Crippen LogP contribution in [0.5, 0.6) is 5.75 Å². The summed E-state index contributed by atoms with van der Waals surface area (Å²) < 4.78 is 18.9. The molecule has 0 radical (unpaired) electrons. The van der Waals surface area contributed by atoms with Crippen LogP contribution in [0.2, 0.25) is 0 Å². The molecule has 0 bridgehead atoms. The Morgan fingerprint density at radius 2 is 2.12 bits per heavy atom. The average molecular weight is 257 g/mol. The Morgan fingerprint density at radius 3 is 2.81 bits per heavy atom. The van der Waals surface area contributed by atoms with Crippen LogP contribution >= 0.6 is 22.9 Å². The molecule has 0 aliphatic rings. The van der Waals surface area contributed by atoms with Gasteiger partial charge >= 0.3 is 0 Å². The number of hydrogen-bond donors (Lipinski definition) is 0. The van der Waals surface area contributed by atoms with Crippen molar-refractivity contribution < 1.29 is 9.13 Å². The second-order valence-electron chi connectivity index (χ2n) is 3.23. The van der Waals surface area contributed by atoms with Crippen LogP contribution in [-0.2, 0) is 12.5 Å². The highest BCUT2D eigenvalue weighted by Crippen LogP contribution is 2.25. The lowest BCUT2D eigenvalue weighted by molar-refractivity contribution is 0.291. The number of halogens is 2. The minimum Gasteiger partial charge on any atom is -0.485 e. The third-order valence-electron chi connectivity index (χ3n) is 2.13. The van der Waals surface area contributed by atoms with Crippen LogP contribution < -0.4 is 4.74 Å². The maximum absolute atomic E-state index is 13.5. The highest BCUT2D eigenvalue weighted by molar-refractivity contribution is 7.09. The minimum atomic E-state index is -0.366. The molecule has 4 heteroatoms. The lowest BCUT2D eigenvalue weighted by atomic mass is 10.2. The van der Waals surface area contributed by atoms with E-state index in [0.717, 1.165) is 4.88 Å². The van der Waals surface area contributed by atoms with Gasteiger partial charge < -0.3 is 4.74 Å². The van der Waals surface area contributed by atoms with Gasteiger partial charge in [-0.1, -0.05) is 18.2 Å². The van der Waals surface area contributed by atoms with Crippen molar-refractivity contribution in [3.8, 4) is 5.75 Å². The van der Waals surface area contributed by atoms with E-state index in [2.05, 4.69) is 0 Å². The average Bonchev–Trinajstić information content (AvgIpc) is 2.80. The first kappa shape index (κ1) is 11.4. The van der Waals surface area contributed by atoms with Gasteiger partial charge in [0.1, 0.15) is 6.61 Å². The predicted molar refractivity (Wildman–Crippen MR) is 64.6 cm³/mol. The molecule has 0 aliphatic heterocycles. The number of rotatable bonds is 4. The van der Waals surface area contributed by atoms with Crippen molar-refractivity contribution in [3.63, 3.8) is 0 Å². The Bertz CT molecular complexity index is 456. The van der Waals surface area contributed by atoms with Crippen molar-refractivity contribution >= 4 is 22.9 Å². The summed E-state index contributed by atoms with van der Waals surface area (Å²) in [7, 11) is 0. The molecule has 84 valence electrons. The molecule has 1 heterocycles. The fraction of sp³-hybridized carbons (Fsp3) is 0.167. The maximum atomic E-state index is 13.5. The molecule has 0 atom stereocenters. The van der Waals surface area contributed by atoms with Gasteiger partial charge in [-0.2, -0.15) is 0 Å². The van der Waals surface area contributed by atoms with Crippen LogP contribution in [0.4, 0.5) is 4.39 Å². The zero-order valence-corrected chi connectivity index (χ0v) is 10.0. The topological polar surface area (TPSA) is 9.23 Å². The molecule has 16 heavy (non-hydrogen) atoms. The highest BCUT2D eigenvalue weighted by Gasteiger charge is 2.09. The Kier molecular flexibility index (Phi) is 3.80. The zero-order valence-electron chi connectivity index (χ0n) is 8.45. The molecule has 0 fully saturated rings. The van der Waals surface area contributed by atoms with E-state index in [1.165, 1.54) is 6.07 Å². The Labute approximate surface area is 102 Å². The van der Waals surface area contributed by atoms with Crippen molar-refractivity contribution in [1.29, 1.82) is 0 Å². The molecular weight excluding hydrogens is 247 g/mol. The smallest absolute Gasteiger partial charge is 0.165 e. The van der Waals surface area contributed by atoms with E-state index >= 15 is 0 Å². The first-order valence-corrected chi connectivity index (χ1v) is 6.21. The predicted octanol–water partition coefficient (Wildman–Crippen LogP) is 4.21. The summed E-state index contributed by atoms with van der Waals surface area (Å²) in [5, 5.41) is 1.96. The Morgan fingerprint density at radius 1 is 1.25 bits per heavy atom. The fourth-order valence-corrected chi connectivity index (χ4v) is 2.18. The van der Waals surface area contributed by atoms with E-state index in [1.54, 1.807) is 23.5 Å². The van der Waals surface area contributed by atoms with Gasteiger partial charge in [-0.15, -0.1) is 22.9 Å². The van der Waals surface area contributed by atoms with Gasteiger partial charge in [0.05, 0.1) is 5.88 Å². The number of ether oxygens (including phenoxy) is 1. The monoisotopic (exact) mass is 256 g/mol. The van der Waals surface area contributed by atoms with E-state index in [0.29, 0.717) is 12.2 Å². The van der Waals surface area contributed by atoms with Crippen LogP contribution in [0.15, 0.2) is 35.7 Å². The third kappa shape index (κ3) is 2.54. The van der Waals surface area contributed by atoms with Crippen LogP contribution in [0, 0.1) is 5.82 Å². The van der Waals surface area contributed by atoms with E-state index in [1.807, 2.05) is 17.5 Å². The van der Waals surface area contributed by atoms with E-state index in [4.69, 9.17) is 16.3 Å². The van der Waals surface area contributed by atoms with E-state index in [-0.39, 0.29) is 17.4 Å². The Hall–Kier alpha value is -1.06. The maximum Gasteiger partial charge on any atom is 0.165 e. The van der Waals surface area contributed by atoms with Gasteiger partial charge in [-0.25, -0.2) is 4.39 Å². The fourth-order valence-electron chi connectivity index (χ4n) is 1.36. The van der Waals surface area contributed by atoms with Gasteiger partial charge in [-0.05, 0) is 17.5 Å². The summed E-state index contributed by atoms with van der Waals surface area (Å²) in [6, 6.07) is 8.66. The summed E-state index contributed by atoms with van der Waals surface area (Å²) in [6.07, 6.45) is 0. The first-order valence-electron chi connectivity index (χ1n) is 4.80. The van der Waals surface area contributed by atoms with Crippen LogP contribution in [0.25, 0.3) is 0 Å². The number of benzene rings is 1. The zero-order chi connectivity index (χ0) is 11.4. The molecule has 2 rings (SSSR count). The molecule has 1 nitrogen and oxygen atoms in total. The van der Waals surface area contributed by atoms with Gasteiger partial charge in [0.15, 0.2) is 11.6 Å². The molecule has 0 spiro atoms. The lowest BCUT2D eigenvalue weighted by Crippen LogP contribution is -1.98. The number of para-hydroxylation sites is 1. The van der Waals surface area contributed by atoms with Crippen molar-refractivity contribution in [1.82, 2.24) is 0 Å². The van der Waals surface area contributed by atoms with E-state index < -0.39 is 0 Å². The van der Waals surface area contributed by atoms with Crippen molar-refractivity contribution in [2.75, 3.05) is 0 Å². The normalized spacial score (nSPS) is 10.4. The quantitative estimate of drug-likeness (QED) is 0.745. The lowest BCUT2D eigenvalue weighted by Gasteiger charge is -2.09. The number of hydrogen-bond acceptors (Lipinski definition) is 2. The highest BCUT2D eigenvalue weighted by atomic mass is 35.5. The summed E-state index contributed by atoms with van der Waals surface area (Å²) in [4.78, 5) is 1.06. The third-order valence-corrected chi connectivity index (χ3v) is 3.27. The Balaban J connectivity index is 2.14. The van der Waals surface area contributed by atoms with Crippen LogP contribution in [-0.4, -0.2) is 0 Å². The number of alkyl halides is 1. The van der Waals surface area contributed by atoms with Crippen LogP contribution in [0.1, 0.15) is 10.4 Å². The molecule has 2 aromatic rings. The second-order valence-corrected chi connectivity index (χ2v) is 4.53. The molecule has 0 saturated heterocycles. The SMILES string of the molecule is Fc1cccc(CCl)c1OCc1cccs1. The molecular formula is C12H10ClFOS. The van der Waals surface area contributed by atoms with Crippen LogP contribution in [0.3, 0.4) is 0 Å². The van der Waals surface area contributed by atoms with Gasteiger partial charge in [0.25, 0.3) is 0 Å². The molecule has 0 saturated carbocycles. The molecule has 0 N–H and O–H groups in total. The summed E-state index contributed by atoms with van der Waals surface area (Å²) >= 11 is 7.30. The molecule has 0 aliphatic carbocycles. The molecule has 0 unspecified atom stereocenters. The first-order chi connectivity index (χ1) is 7.81. The second kappa shape index (κ2) is 5.32. The van der Waals surface area contributed by atoms with Gasteiger partial charge in [0.2, 0.25) is 0 Å². The van der Waals surface area contributed by atoms with E-state index in [9.17, 15) is 4.39 Å². The molecule has 1 aromatic carbocycles. The molecule has 1 aromatic heterocycles. The van der Waals surface area contributed by atoms with Crippen molar-refractivity contribution in [2.45, 2.75) is 12.5 Å². The van der Waals surface area contributed by atoms with Gasteiger partial charge in [-0.3, -0.25) is 0 Å². The summed E-state index contributed by atoms with van der Waals surface area (Å²) in [5.74, 6) is 0.137. The van der Waals surface area contributed by atoms with Gasteiger partial charge in [0, 0.05) is 10.4 Å². The standard InChI is InChI=1S/C12H10ClFOS/c13-7-9-3-1-5-11(14)12(9)15-8-10-4-2-6-16-10/h1-6H,7-8H2. The summed E-state index contributed by atoms with van der Waals surface area (Å²) in [6.45, 7) is 0.377. The summed E-state index contributed by atoms with van der Waals surface area (Å²) in [5.41, 5.74) is 0.679. The largest absolute Gasteiger partial charge is 0.485 e. The minimum absolute atomic E-state index is 0.248. The van der Waals surface area contributed by atoms with Crippen molar-refractivity contribution in [3.05, 3.63) is 52.0 Å². The molecule has 0 amide bonds.